The molecular weight excluding hydrogens is 165 g/mol. The van der Waals surface area contributed by atoms with Gasteiger partial charge in [-0.2, -0.15) is 0 Å². The maximum atomic E-state index is 13.0. The minimum atomic E-state index is -0.477. The van der Waals surface area contributed by atoms with Crippen LogP contribution < -0.4 is 5.32 Å². The summed E-state index contributed by atoms with van der Waals surface area (Å²) in [6.45, 7) is 2.06. The number of hydrogen-bond acceptors (Lipinski definition) is 1. The molecule has 1 nitrogen and oxygen atoms in total. The van der Waals surface area contributed by atoms with Crippen LogP contribution in [0.3, 0.4) is 0 Å². The Balaban J connectivity index is 0.000000605. The third kappa shape index (κ3) is 1.38. The molecule has 11 heavy (non-hydrogen) atoms. The Labute approximate surface area is 73.2 Å². The van der Waals surface area contributed by atoms with Gasteiger partial charge in [0.25, 0.3) is 0 Å². The highest BCUT2D eigenvalue weighted by atomic mass is 35.5. The maximum absolute atomic E-state index is 13.0. The lowest BCUT2D eigenvalue weighted by Gasteiger charge is -2.48. The van der Waals surface area contributed by atoms with Crippen molar-refractivity contribution in [3.05, 3.63) is 0 Å². The lowest BCUT2D eigenvalue weighted by atomic mass is 9.62. The van der Waals surface area contributed by atoms with E-state index in [1.165, 1.54) is 0 Å². The molecule has 1 saturated carbocycles. The van der Waals surface area contributed by atoms with E-state index in [1.54, 1.807) is 0 Å². The zero-order valence-electron chi connectivity index (χ0n) is 6.61. The Bertz CT molecular complexity index is 134. The molecule has 0 bridgehead atoms. The van der Waals surface area contributed by atoms with Crippen molar-refractivity contribution in [2.75, 3.05) is 13.1 Å². The summed E-state index contributed by atoms with van der Waals surface area (Å²) >= 11 is 0. The van der Waals surface area contributed by atoms with Gasteiger partial charge >= 0.3 is 0 Å². The van der Waals surface area contributed by atoms with Crippen molar-refractivity contribution in [2.24, 2.45) is 5.41 Å². The van der Waals surface area contributed by atoms with E-state index < -0.39 is 6.17 Å². The van der Waals surface area contributed by atoms with Crippen molar-refractivity contribution in [3.63, 3.8) is 0 Å². The number of nitrogens with one attached hydrogen (secondary N) is 1. The van der Waals surface area contributed by atoms with Crippen molar-refractivity contribution in [3.8, 4) is 0 Å². The van der Waals surface area contributed by atoms with Gasteiger partial charge in [0.2, 0.25) is 0 Å². The second-order valence-corrected chi connectivity index (χ2v) is 3.62. The second kappa shape index (κ2) is 3.28. The first kappa shape index (κ1) is 9.27. The zero-order chi connectivity index (χ0) is 7.03. The highest BCUT2D eigenvalue weighted by Gasteiger charge is 2.47. The molecule has 0 aromatic heterocycles. The summed E-state index contributed by atoms with van der Waals surface area (Å²) in [5.41, 5.74) is 0.130. The summed E-state index contributed by atoms with van der Waals surface area (Å²) in [5, 5.41) is 3.26. The number of halogens is 2. The molecule has 0 radical (unpaired) electrons. The fourth-order valence-electron chi connectivity index (χ4n) is 2.15. The third-order valence-electron chi connectivity index (χ3n) is 3.16. The summed E-state index contributed by atoms with van der Waals surface area (Å²) in [6, 6.07) is 0. The fraction of sp³-hybridized carbons (Fsp3) is 1.00. The molecule has 0 amide bonds. The van der Waals surface area contributed by atoms with Crippen LogP contribution in [0.4, 0.5) is 4.39 Å². The topological polar surface area (TPSA) is 12.0 Å². The highest BCUT2D eigenvalue weighted by molar-refractivity contribution is 5.85. The molecule has 3 heteroatoms. The van der Waals surface area contributed by atoms with Gasteiger partial charge in [-0.05, 0) is 38.8 Å². The van der Waals surface area contributed by atoms with E-state index in [9.17, 15) is 4.39 Å². The van der Waals surface area contributed by atoms with Gasteiger partial charge in [-0.1, -0.05) is 0 Å². The molecule has 1 heterocycles. The Morgan fingerprint density at radius 1 is 1.18 bits per heavy atom. The predicted molar refractivity (Wildman–Crippen MR) is 45.9 cm³/mol. The molecule has 1 N–H and O–H groups in total. The normalized spacial score (nSPS) is 34.1. The largest absolute Gasteiger partial charge is 0.317 e. The first-order valence-electron chi connectivity index (χ1n) is 4.18. The molecule has 0 aromatic carbocycles. The van der Waals surface area contributed by atoms with E-state index in [0.29, 0.717) is 0 Å². The monoisotopic (exact) mass is 179 g/mol. The van der Waals surface area contributed by atoms with Crippen LogP contribution in [0.15, 0.2) is 0 Å². The van der Waals surface area contributed by atoms with Crippen molar-refractivity contribution < 1.29 is 4.39 Å². The van der Waals surface area contributed by atoms with Gasteiger partial charge in [0.05, 0.1) is 0 Å². The van der Waals surface area contributed by atoms with Crippen LogP contribution in [0.25, 0.3) is 0 Å². The van der Waals surface area contributed by atoms with E-state index in [1.807, 2.05) is 0 Å². The molecule has 1 unspecified atom stereocenters. The van der Waals surface area contributed by atoms with Crippen LogP contribution in [-0.2, 0) is 0 Å². The lowest BCUT2D eigenvalue weighted by Crippen LogP contribution is -2.49. The molecule has 2 fully saturated rings. The van der Waals surface area contributed by atoms with Gasteiger partial charge in [0.1, 0.15) is 6.17 Å². The van der Waals surface area contributed by atoms with Gasteiger partial charge in [-0.15, -0.1) is 12.4 Å². The maximum Gasteiger partial charge on any atom is 0.106 e. The molecule has 0 aromatic rings. The number of alkyl halides is 1. The minimum Gasteiger partial charge on any atom is -0.317 e. The summed E-state index contributed by atoms with van der Waals surface area (Å²) < 4.78 is 13.0. The Morgan fingerprint density at radius 2 is 1.82 bits per heavy atom. The van der Waals surface area contributed by atoms with Gasteiger partial charge in [-0.25, -0.2) is 4.39 Å². The first-order chi connectivity index (χ1) is 4.83. The van der Waals surface area contributed by atoms with Crippen LogP contribution in [0.5, 0.6) is 0 Å². The van der Waals surface area contributed by atoms with E-state index >= 15 is 0 Å². The number of piperidine rings is 1. The molecule has 1 aliphatic heterocycles. The Hall–Kier alpha value is 0.180. The van der Waals surface area contributed by atoms with E-state index in [0.717, 1.165) is 38.8 Å². The summed E-state index contributed by atoms with van der Waals surface area (Å²) in [4.78, 5) is 0. The zero-order valence-corrected chi connectivity index (χ0v) is 7.42. The van der Waals surface area contributed by atoms with Crippen LogP contribution in [0, 0.1) is 5.41 Å². The molecule has 1 aliphatic carbocycles. The van der Waals surface area contributed by atoms with Crippen molar-refractivity contribution in [2.45, 2.75) is 31.9 Å². The minimum absolute atomic E-state index is 0. The molecule has 2 aliphatic rings. The molecular formula is C8H15ClFN. The van der Waals surface area contributed by atoms with Crippen LogP contribution in [0.2, 0.25) is 0 Å². The van der Waals surface area contributed by atoms with Gasteiger partial charge in [-0.3, -0.25) is 0 Å². The summed E-state index contributed by atoms with van der Waals surface area (Å²) in [7, 11) is 0. The smallest absolute Gasteiger partial charge is 0.106 e. The van der Waals surface area contributed by atoms with Crippen LogP contribution >= 0.6 is 12.4 Å². The van der Waals surface area contributed by atoms with Crippen molar-refractivity contribution >= 4 is 12.4 Å². The van der Waals surface area contributed by atoms with Crippen LogP contribution in [-0.4, -0.2) is 19.3 Å². The van der Waals surface area contributed by atoms with E-state index in [4.69, 9.17) is 0 Å². The average molecular weight is 180 g/mol. The van der Waals surface area contributed by atoms with Gasteiger partial charge in [0.15, 0.2) is 0 Å². The number of rotatable bonds is 0. The van der Waals surface area contributed by atoms with Gasteiger partial charge in [0, 0.05) is 5.41 Å². The Morgan fingerprint density at radius 3 is 2.09 bits per heavy atom. The molecule has 2 rings (SSSR count). The highest BCUT2D eigenvalue weighted by Crippen LogP contribution is 2.49. The first-order valence-corrected chi connectivity index (χ1v) is 4.18. The molecule has 1 spiro atoms. The summed E-state index contributed by atoms with van der Waals surface area (Å²) in [5.74, 6) is 0. The molecule has 66 valence electrons. The Kier molecular flexibility index (Phi) is 2.76. The van der Waals surface area contributed by atoms with Crippen molar-refractivity contribution in [1.82, 2.24) is 5.32 Å². The van der Waals surface area contributed by atoms with E-state index in [-0.39, 0.29) is 17.8 Å². The quantitative estimate of drug-likeness (QED) is 0.599. The van der Waals surface area contributed by atoms with Gasteiger partial charge < -0.3 is 5.32 Å². The third-order valence-corrected chi connectivity index (χ3v) is 3.16. The SMILES string of the molecule is Cl.FC1CCC12CCNCC2. The molecule has 1 saturated heterocycles. The average Bonchev–Trinajstić information content (AvgIpc) is 2.04. The van der Waals surface area contributed by atoms with E-state index in [2.05, 4.69) is 5.32 Å². The predicted octanol–water partition coefficient (Wildman–Crippen LogP) is 1.91. The summed E-state index contributed by atoms with van der Waals surface area (Å²) in [6.07, 6.45) is 3.60. The fourth-order valence-corrected chi connectivity index (χ4v) is 2.15. The number of hydrogen-bond donors (Lipinski definition) is 1. The molecule has 1 atom stereocenters. The van der Waals surface area contributed by atoms with Crippen LogP contribution in [0.1, 0.15) is 25.7 Å². The standard InChI is InChI=1S/C8H14FN.ClH/c9-7-1-2-8(7)3-5-10-6-4-8;/h7,10H,1-6H2;1H. The lowest BCUT2D eigenvalue weighted by molar-refractivity contribution is -0.0278. The second-order valence-electron chi connectivity index (χ2n) is 3.62. The van der Waals surface area contributed by atoms with Crippen molar-refractivity contribution in [1.29, 1.82) is 0 Å².